The summed E-state index contributed by atoms with van der Waals surface area (Å²) in [5, 5.41) is 9.41. The lowest BCUT2D eigenvalue weighted by Gasteiger charge is -2.24. The van der Waals surface area contributed by atoms with E-state index in [0.717, 1.165) is 25.3 Å². The standard InChI is InChI=1S/C12H17N3O2S/c1-18-9-4-2-3-5-15(8-9)11-7-13-10(6-14-11)12(16)17/h6-7,9H,2-5,8H2,1H3,(H,16,17). The van der Waals surface area contributed by atoms with E-state index in [4.69, 9.17) is 5.11 Å². The lowest BCUT2D eigenvalue weighted by Crippen LogP contribution is -2.30. The zero-order valence-corrected chi connectivity index (χ0v) is 11.2. The average molecular weight is 267 g/mol. The number of carboxylic acids is 1. The number of anilines is 1. The SMILES string of the molecule is CSC1CCCCN(c2cnc(C(=O)O)cn2)C1. The van der Waals surface area contributed by atoms with Gasteiger partial charge in [-0.05, 0) is 19.1 Å². The summed E-state index contributed by atoms with van der Waals surface area (Å²) in [5.74, 6) is -0.257. The molecule has 0 amide bonds. The number of nitrogens with zero attached hydrogens (tertiary/aromatic N) is 3. The van der Waals surface area contributed by atoms with Crippen LogP contribution in [0.3, 0.4) is 0 Å². The molecular formula is C12H17N3O2S. The molecule has 6 heteroatoms. The predicted octanol–water partition coefficient (Wildman–Crippen LogP) is 1.90. The fourth-order valence-electron chi connectivity index (χ4n) is 2.10. The second kappa shape index (κ2) is 6.04. The first-order valence-electron chi connectivity index (χ1n) is 6.04. The molecule has 1 N–H and O–H groups in total. The Hall–Kier alpha value is -1.30. The van der Waals surface area contributed by atoms with E-state index in [2.05, 4.69) is 21.1 Å². The molecule has 1 unspecified atom stereocenters. The van der Waals surface area contributed by atoms with Gasteiger partial charge in [-0.25, -0.2) is 14.8 Å². The molecule has 0 spiro atoms. The quantitative estimate of drug-likeness (QED) is 0.902. The molecule has 1 aromatic heterocycles. The number of hydrogen-bond acceptors (Lipinski definition) is 5. The lowest BCUT2D eigenvalue weighted by atomic mass is 10.2. The molecule has 0 bridgehead atoms. The van der Waals surface area contributed by atoms with Crippen molar-refractivity contribution >= 4 is 23.5 Å². The van der Waals surface area contributed by atoms with Gasteiger partial charge in [-0.2, -0.15) is 11.8 Å². The summed E-state index contributed by atoms with van der Waals surface area (Å²) < 4.78 is 0. The summed E-state index contributed by atoms with van der Waals surface area (Å²) in [6.07, 6.45) is 8.65. The molecule has 1 aromatic rings. The van der Waals surface area contributed by atoms with E-state index in [-0.39, 0.29) is 5.69 Å². The van der Waals surface area contributed by atoms with E-state index < -0.39 is 5.97 Å². The second-order valence-electron chi connectivity index (χ2n) is 4.36. The zero-order chi connectivity index (χ0) is 13.0. The highest BCUT2D eigenvalue weighted by atomic mass is 32.2. The molecule has 98 valence electrons. The van der Waals surface area contributed by atoms with Crippen molar-refractivity contribution in [2.45, 2.75) is 24.5 Å². The second-order valence-corrected chi connectivity index (χ2v) is 5.50. The Morgan fingerprint density at radius 2 is 2.28 bits per heavy atom. The zero-order valence-electron chi connectivity index (χ0n) is 10.4. The highest BCUT2D eigenvalue weighted by molar-refractivity contribution is 7.99. The third-order valence-corrected chi connectivity index (χ3v) is 4.19. The molecule has 0 aliphatic carbocycles. The van der Waals surface area contributed by atoms with Gasteiger partial charge in [0.1, 0.15) is 5.82 Å². The Bertz CT molecular complexity index is 410. The average Bonchev–Trinajstić information content (AvgIpc) is 2.64. The number of thioether (sulfide) groups is 1. The van der Waals surface area contributed by atoms with Crippen LogP contribution in [-0.2, 0) is 0 Å². The Morgan fingerprint density at radius 1 is 1.44 bits per heavy atom. The minimum Gasteiger partial charge on any atom is -0.476 e. The fraction of sp³-hybridized carbons (Fsp3) is 0.583. The summed E-state index contributed by atoms with van der Waals surface area (Å²) in [5.41, 5.74) is -0.00464. The summed E-state index contributed by atoms with van der Waals surface area (Å²) >= 11 is 1.88. The molecule has 1 aliphatic heterocycles. The van der Waals surface area contributed by atoms with Crippen LogP contribution in [-0.4, -0.2) is 45.6 Å². The lowest BCUT2D eigenvalue weighted by molar-refractivity contribution is 0.0690. The number of carboxylic acid groups (broad SMARTS) is 1. The fourth-order valence-corrected chi connectivity index (χ4v) is 2.83. The Kier molecular flexibility index (Phi) is 4.41. The monoisotopic (exact) mass is 267 g/mol. The maximum Gasteiger partial charge on any atom is 0.356 e. The molecule has 18 heavy (non-hydrogen) atoms. The van der Waals surface area contributed by atoms with Gasteiger partial charge in [-0.15, -0.1) is 0 Å². The maximum absolute atomic E-state index is 10.7. The van der Waals surface area contributed by atoms with Crippen molar-refractivity contribution in [1.82, 2.24) is 9.97 Å². The van der Waals surface area contributed by atoms with Crippen LogP contribution in [0, 0.1) is 0 Å². The number of aromatic nitrogens is 2. The van der Waals surface area contributed by atoms with Crippen molar-refractivity contribution in [2.75, 3.05) is 24.2 Å². The first-order chi connectivity index (χ1) is 8.70. The molecule has 2 rings (SSSR count). The normalized spacial score (nSPS) is 20.5. The first kappa shape index (κ1) is 13.1. The highest BCUT2D eigenvalue weighted by Gasteiger charge is 2.19. The van der Waals surface area contributed by atoms with Crippen molar-refractivity contribution in [3.05, 3.63) is 18.1 Å². The van der Waals surface area contributed by atoms with Crippen molar-refractivity contribution in [2.24, 2.45) is 0 Å². The van der Waals surface area contributed by atoms with Crippen LogP contribution in [0.2, 0.25) is 0 Å². The van der Waals surface area contributed by atoms with Gasteiger partial charge in [0.05, 0.1) is 12.4 Å². The molecular weight excluding hydrogens is 250 g/mol. The first-order valence-corrected chi connectivity index (χ1v) is 7.32. The molecule has 2 heterocycles. The molecule has 0 aromatic carbocycles. The summed E-state index contributed by atoms with van der Waals surface area (Å²) in [6.45, 7) is 1.93. The summed E-state index contributed by atoms with van der Waals surface area (Å²) in [4.78, 5) is 21.1. The van der Waals surface area contributed by atoms with Gasteiger partial charge in [-0.1, -0.05) is 6.42 Å². The summed E-state index contributed by atoms with van der Waals surface area (Å²) in [7, 11) is 0. The molecule has 1 atom stereocenters. The van der Waals surface area contributed by atoms with Crippen molar-refractivity contribution in [3.63, 3.8) is 0 Å². The van der Waals surface area contributed by atoms with Crippen molar-refractivity contribution in [3.8, 4) is 0 Å². The van der Waals surface area contributed by atoms with Gasteiger partial charge < -0.3 is 10.0 Å². The van der Waals surface area contributed by atoms with Crippen LogP contribution in [0.1, 0.15) is 29.8 Å². The maximum atomic E-state index is 10.7. The van der Waals surface area contributed by atoms with E-state index in [1.54, 1.807) is 6.20 Å². The van der Waals surface area contributed by atoms with Crippen molar-refractivity contribution < 1.29 is 9.90 Å². The van der Waals surface area contributed by atoms with Crippen LogP contribution < -0.4 is 4.90 Å². The Balaban J connectivity index is 2.11. The van der Waals surface area contributed by atoms with Gasteiger partial charge in [0.2, 0.25) is 0 Å². The summed E-state index contributed by atoms with van der Waals surface area (Å²) in [6, 6.07) is 0. The molecule has 0 radical (unpaired) electrons. The van der Waals surface area contributed by atoms with Crippen LogP contribution in [0.5, 0.6) is 0 Å². The Labute approximate surface area is 111 Å². The highest BCUT2D eigenvalue weighted by Crippen LogP contribution is 2.23. The van der Waals surface area contributed by atoms with Crippen LogP contribution in [0.15, 0.2) is 12.4 Å². The molecule has 1 aliphatic rings. The minimum atomic E-state index is -1.04. The number of hydrogen-bond donors (Lipinski definition) is 1. The number of carbonyl (C=O) groups is 1. The largest absolute Gasteiger partial charge is 0.476 e. The van der Waals surface area contributed by atoms with E-state index in [1.165, 1.54) is 19.0 Å². The van der Waals surface area contributed by atoms with Crippen LogP contribution in [0.25, 0.3) is 0 Å². The molecule has 5 nitrogen and oxygen atoms in total. The third-order valence-electron chi connectivity index (χ3n) is 3.14. The van der Waals surface area contributed by atoms with Crippen molar-refractivity contribution in [1.29, 1.82) is 0 Å². The number of aromatic carboxylic acids is 1. The van der Waals surface area contributed by atoms with E-state index in [0.29, 0.717) is 5.25 Å². The minimum absolute atomic E-state index is 0.00464. The Morgan fingerprint density at radius 3 is 2.89 bits per heavy atom. The number of rotatable bonds is 3. The third kappa shape index (κ3) is 3.13. The van der Waals surface area contributed by atoms with Gasteiger partial charge in [0.15, 0.2) is 5.69 Å². The van der Waals surface area contributed by atoms with E-state index in [1.807, 2.05) is 11.8 Å². The van der Waals surface area contributed by atoms with Gasteiger partial charge in [0, 0.05) is 18.3 Å². The van der Waals surface area contributed by atoms with E-state index >= 15 is 0 Å². The van der Waals surface area contributed by atoms with Gasteiger partial charge in [-0.3, -0.25) is 0 Å². The smallest absolute Gasteiger partial charge is 0.356 e. The van der Waals surface area contributed by atoms with Crippen LogP contribution in [0.4, 0.5) is 5.82 Å². The molecule has 1 saturated heterocycles. The van der Waals surface area contributed by atoms with E-state index in [9.17, 15) is 4.79 Å². The predicted molar refractivity (Wildman–Crippen MR) is 72.4 cm³/mol. The topological polar surface area (TPSA) is 66.3 Å². The van der Waals surface area contributed by atoms with Gasteiger partial charge in [0.25, 0.3) is 0 Å². The van der Waals surface area contributed by atoms with Gasteiger partial charge >= 0.3 is 5.97 Å². The molecule has 1 fully saturated rings. The molecule has 0 saturated carbocycles. The van der Waals surface area contributed by atoms with Crippen LogP contribution >= 0.6 is 11.8 Å².